The summed E-state index contributed by atoms with van der Waals surface area (Å²) in [5, 5.41) is 28.0. The Hall–Kier alpha value is -2.22. The van der Waals surface area contributed by atoms with E-state index in [0.29, 0.717) is 24.3 Å². The number of hydrogen-bond acceptors (Lipinski definition) is 5. The highest BCUT2D eigenvalue weighted by molar-refractivity contribution is 5.91. The minimum atomic E-state index is -1.27. The molecule has 7 nitrogen and oxygen atoms in total. The molecule has 1 saturated heterocycles. The first-order chi connectivity index (χ1) is 11.5. The molecule has 7 heteroatoms. The molecule has 2 heterocycles. The number of carbonyl (C=O) groups excluding carboxylic acids is 1. The van der Waals surface area contributed by atoms with Crippen LogP contribution in [0.1, 0.15) is 12.0 Å². The van der Waals surface area contributed by atoms with Gasteiger partial charge in [0.25, 0.3) is 0 Å². The van der Waals surface area contributed by atoms with Gasteiger partial charge in [0.1, 0.15) is 5.60 Å². The number of nitrogens with one attached hydrogen (secondary N) is 1. The van der Waals surface area contributed by atoms with Gasteiger partial charge in [0, 0.05) is 32.4 Å². The molecular formula is C17H22N4O3. The Labute approximate surface area is 140 Å². The molecule has 0 unspecified atom stereocenters. The maximum atomic E-state index is 12.1. The maximum absolute atomic E-state index is 12.1. The number of carbonyl (C=O) groups is 1. The average molecular weight is 330 g/mol. The molecule has 3 N–H and O–H groups in total. The number of hydrogen-bond donors (Lipinski definition) is 3. The molecule has 1 aromatic carbocycles. The minimum Gasteiger partial charge on any atom is -0.388 e. The third-order valence-corrected chi connectivity index (χ3v) is 4.41. The molecule has 0 spiro atoms. The normalized spacial score (nSPS) is 24.7. The Morgan fingerprint density at radius 2 is 2.12 bits per heavy atom. The van der Waals surface area contributed by atoms with Gasteiger partial charge in [0.05, 0.1) is 12.6 Å². The number of rotatable bonds is 4. The average Bonchev–Trinajstić information content (AvgIpc) is 2.97. The monoisotopic (exact) mass is 330 g/mol. The highest BCUT2D eigenvalue weighted by atomic mass is 16.3. The second-order valence-corrected chi connectivity index (χ2v) is 6.21. The molecule has 0 saturated carbocycles. The van der Waals surface area contributed by atoms with Gasteiger partial charge in [0.2, 0.25) is 5.91 Å². The van der Waals surface area contributed by atoms with E-state index < -0.39 is 11.7 Å². The zero-order valence-corrected chi connectivity index (χ0v) is 13.6. The number of likely N-dealkylation sites (tertiary alicyclic amines) is 1. The van der Waals surface area contributed by atoms with Crippen LogP contribution < -0.4 is 5.32 Å². The van der Waals surface area contributed by atoms with Crippen molar-refractivity contribution >= 4 is 11.7 Å². The van der Waals surface area contributed by atoms with Crippen LogP contribution in [0.2, 0.25) is 0 Å². The third kappa shape index (κ3) is 3.48. The Balaban J connectivity index is 1.58. The van der Waals surface area contributed by atoms with E-state index >= 15 is 0 Å². The molecule has 24 heavy (non-hydrogen) atoms. The van der Waals surface area contributed by atoms with E-state index in [1.807, 2.05) is 35.2 Å². The first-order valence-corrected chi connectivity index (χ1v) is 7.95. The quantitative estimate of drug-likeness (QED) is 0.751. The van der Waals surface area contributed by atoms with Crippen LogP contribution in [0, 0.1) is 0 Å². The summed E-state index contributed by atoms with van der Waals surface area (Å²) in [4.78, 5) is 13.9. The van der Waals surface area contributed by atoms with E-state index in [9.17, 15) is 15.0 Å². The molecule has 0 aliphatic carbocycles. The van der Waals surface area contributed by atoms with Gasteiger partial charge in [-0.2, -0.15) is 5.10 Å². The largest absolute Gasteiger partial charge is 0.388 e. The van der Waals surface area contributed by atoms with Crippen LogP contribution in [0.25, 0.3) is 0 Å². The van der Waals surface area contributed by atoms with Crippen LogP contribution in [0.15, 0.2) is 42.6 Å². The lowest BCUT2D eigenvalue weighted by Gasteiger charge is -2.42. The summed E-state index contributed by atoms with van der Waals surface area (Å²) in [6.07, 6.45) is 1.17. The lowest BCUT2D eigenvalue weighted by Crippen LogP contribution is -2.54. The number of benzene rings is 1. The van der Waals surface area contributed by atoms with Gasteiger partial charge in [-0.3, -0.25) is 14.4 Å². The van der Waals surface area contributed by atoms with Gasteiger partial charge in [-0.05, 0) is 12.0 Å². The molecule has 128 valence electrons. The highest BCUT2D eigenvalue weighted by Crippen LogP contribution is 2.32. The van der Waals surface area contributed by atoms with Crippen molar-refractivity contribution in [1.82, 2.24) is 14.7 Å². The van der Waals surface area contributed by atoms with E-state index in [-0.39, 0.29) is 19.0 Å². The molecule has 1 aliphatic heterocycles. The van der Waals surface area contributed by atoms with Gasteiger partial charge >= 0.3 is 0 Å². The van der Waals surface area contributed by atoms with Crippen molar-refractivity contribution in [2.24, 2.45) is 7.05 Å². The fourth-order valence-electron chi connectivity index (χ4n) is 3.06. The van der Waals surface area contributed by atoms with Crippen molar-refractivity contribution in [3.8, 4) is 0 Å². The van der Waals surface area contributed by atoms with Crippen molar-refractivity contribution in [3.05, 3.63) is 48.2 Å². The molecular weight excluding hydrogens is 308 g/mol. The summed E-state index contributed by atoms with van der Waals surface area (Å²) >= 11 is 0. The summed E-state index contributed by atoms with van der Waals surface area (Å²) in [5.74, 6) is 0.312. The zero-order valence-electron chi connectivity index (χ0n) is 13.6. The van der Waals surface area contributed by atoms with Gasteiger partial charge in [-0.15, -0.1) is 0 Å². The molecule has 1 fully saturated rings. The van der Waals surface area contributed by atoms with Crippen LogP contribution in [0.4, 0.5) is 5.82 Å². The molecule has 1 aromatic heterocycles. The predicted molar refractivity (Wildman–Crippen MR) is 89.2 cm³/mol. The number of anilines is 1. The standard InChI is InChI=1S/C17H22N4O3/c1-20-9-7-15(19-20)18-16(23)12-21-10-8-17(24,14(22)11-21)13-5-3-2-4-6-13/h2-7,9,14,22,24H,8,10-12H2,1H3,(H,18,19,23)/t14-,17-/m0/s1. The topological polar surface area (TPSA) is 90.6 Å². The fraction of sp³-hybridized carbons (Fsp3) is 0.412. The fourth-order valence-corrected chi connectivity index (χ4v) is 3.06. The number of piperidine rings is 1. The summed E-state index contributed by atoms with van der Waals surface area (Å²) in [5.41, 5.74) is -0.565. The van der Waals surface area contributed by atoms with Crippen LogP contribution in [-0.2, 0) is 17.4 Å². The van der Waals surface area contributed by atoms with Crippen LogP contribution >= 0.6 is 0 Å². The Kier molecular flexibility index (Phi) is 4.66. The molecule has 2 atom stereocenters. The second kappa shape index (κ2) is 6.72. The summed E-state index contributed by atoms with van der Waals surface area (Å²) < 4.78 is 1.61. The van der Waals surface area contributed by atoms with E-state index in [1.54, 1.807) is 24.0 Å². The number of amides is 1. The molecule has 1 aliphatic rings. The number of β-amino-alcohol motifs (C(OH)–C–C–N with tert-alkyl or cyclic N) is 1. The van der Waals surface area contributed by atoms with Crippen LogP contribution in [-0.4, -0.2) is 56.5 Å². The van der Waals surface area contributed by atoms with Gasteiger partial charge in [-0.1, -0.05) is 30.3 Å². The minimum absolute atomic E-state index is 0.151. The lowest BCUT2D eigenvalue weighted by atomic mass is 9.82. The second-order valence-electron chi connectivity index (χ2n) is 6.21. The number of aryl methyl sites for hydroxylation is 1. The Morgan fingerprint density at radius 3 is 2.75 bits per heavy atom. The Bertz CT molecular complexity index is 703. The van der Waals surface area contributed by atoms with E-state index in [4.69, 9.17) is 0 Å². The molecule has 2 aromatic rings. The Morgan fingerprint density at radius 1 is 1.38 bits per heavy atom. The van der Waals surface area contributed by atoms with Crippen molar-refractivity contribution < 1.29 is 15.0 Å². The van der Waals surface area contributed by atoms with Crippen molar-refractivity contribution in [1.29, 1.82) is 0 Å². The smallest absolute Gasteiger partial charge is 0.239 e. The molecule has 1 amide bonds. The summed E-state index contributed by atoms with van der Waals surface area (Å²) in [6.45, 7) is 0.914. The number of aliphatic hydroxyl groups excluding tert-OH is 1. The van der Waals surface area contributed by atoms with Crippen molar-refractivity contribution in [2.75, 3.05) is 25.0 Å². The molecule has 3 rings (SSSR count). The predicted octanol–water partition coefficient (Wildman–Crippen LogP) is 0.313. The third-order valence-electron chi connectivity index (χ3n) is 4.41. The number of aliphatic hydroxyl groups is 2. The van der Waals surface area contributed by atoms with Crippen molar-refractivity contribution in [2.45, 2.75) is 18.1 Å². The maximum Gasteiger partial charge on any atom is 0.239 e. The summed E-state index contributed by atoms with van der Waals surface area (Å²) in [7, 11) is 1.78. The van der Waals surface area contributed by atoms with E-state index in [2.05, 4.69) is 10.4 Å². The number of aromatic nitrogens is 2. The van der Waals surface area contributed by atoms with Gasteiger partial charge in [0.15, 0.2) is 5.82 Å². The van der Waals surface area contributed by atoms with Gasteiger partial charge < -0.3 is 15.5 Å². The van der Waals surface area contributed by atoms with E-state index in [1.165, 1.54) is 0 Å². The van der Waals surface area contributed by atoms with Crippen molar-refractivity contribution in [3.63, 3.8) is 0 Å². The zero-order chi connectivity index (χ0) is 17.2. The van der Waals surface area contributed by atoms with Gasteiger partial charge in [-0.25, -0.2) is 0 Å². The van der Waals surface area contributed by atoms with Crippen LogP contribution in [0.3, 0.4) is 0 Å². The van der Waals surface area contributed by atoms with E-state index in [0.717, 1.165) is 0 Å². The summed E-state index contributed by atoms with van der Waals surface area (Å²) in [6, 6.07) is 10.9. The SMILES string of the molecule is Cn1ccc(NC(=O)CN2CC[C@](O)(c3ccccc3)[C@@H](O)C2)n1. The highest BCUT2D eigenvalue weighted by Gasteiger charge is 2.42. The number of nitrogens with zero attached hydrogens (tertiary/aromatic N) is 3. The van der Waals surface area contributed by atoms with Crippen LogP contribution in [0.5, 0.6) is 0 Å². The first-order valence-electron chi connectivity index (χ1n) is 7.95. The lowest BCUT2D eigenvalue weighted by molar-refractivity contribution is -0.133. The molecule has 0 radical (unpaired) electrons. The first kappa shape index (κ1) is 16.6. The molecule has 0 bridgehead atoms.